The van der Waals surface area contributed by atoms with E-state index in [1.54, 1.807) is 0 Å². The summed E-state index contributed by atoms with van der Waals surface area (Å²) in [5.74, 6) is 1.05. The molecule has 29 heavy (non-hydrogen) atoms. The van der Waals surface area contributed by atoms with E-state index in [9.17, 15) is 9.59 Å². The van der Waals surface area contributed by atoms with Crippen LogP contribution in [0.2, 0.25) is 0 Å². The van der Waals surface area contributed by atoms with Crippen molar-refractivity contribution >= 4 is 11.8 Å². The maximum Gasteiger partial charge on any atom is 0.254 e. The molecule has 0 unspecified atom stereocenters. The highest BCUT2D eigenvalue weighted by atomic mass is 16.2. The zero-order chi connectivity index (χ0) is 20.4. The van der Waals surface area contributed by atoms with Crippen LogP contribution in [0.15, 0.2) is 54.6 Å². The molecule has 0 radical (unpaired) electrons. The Morgan fingerprint density at radius 3 is 2.24 bits per heavy atom. The van der Waals surface area contributed by atoms with Crippen LogP contribution in [0.4, 0.5) is 0 Å². The zero-order valence-corrected chi connectivity index (χ0v) is 17.4. The molecule has 2 aromatic rings. The minimum atomic E-state index is 0.0755. The van der Waals surface area contributed by atoms with Gasteiger partial charge in [0.05, 0.1) is 0 Å². The van der Waals surface area contributed by atoms with Crippen molar-refractivity contribution in [2.75, 3.05) is 19.6 Å². The van der Waals surface area contributed by atoms with Gasteiger partial charge in [0, 0.05) is 37.2 Å². The third-order valence-corrected chi connectivity index (χ3v) is 6.10. The molecule has 4 rings (SSSR count). The van der Waals surface area contributed by atoms with Gasteiger partial charge in [-0.25, -0.2) is 0 Å². The Balaban J connectivity index is 1.41. The molecule has 2 amide bonds. The fourth-order valence-corrected chi connectivity index (χ4v) is 4.18. The van der Waals surface area contributed by atoms with Crippen LogP contribution in [-0.4, -0.2) is 47.3 Å². The summed E-state index contributed by atoms with van der Waals surface area (Å²) in [7, 11) is 0. The molecule has 0 aromatic heterocycles. The lowest BCUT2D eigenvalue weighted by Gasteiger charge is -2.30. The van der Waals surface area contributed by atoms with Crippen molar-refractivity contribution in [3.63, 3.8) is 0 Å². The first kappa shape index (κ1) is 19.7. The molecule has 0 spiro atoms. The van der Waals surface area contributed by atoms with Crippen molar-refractivity contribution in [2.24, 2.45) is 11.8 Å². The van der Waals surface area contributed by atoms with E-state index in [2.05, 4.69) is 26.0 Å². The lowest BCUT2D eigenvalue weighted by Crippen LogP contribution is -2.41. The van der Waals surface area contributed by atoms with E-state index in [-0.39, 0.29) is 17.9 Å². The summed E-state index contributed by atoms with van der Waals surface area (Å²) in [5, 5.41) is 0. The quantitative estimate of drug-likeness (QED) is 0.730. The summed E-state index contributed by atoms with van der Waals surface area (Å²) in [5.41, 5.74) is 2.99. The van der Waals surface area contributed by atoms with Crippen molar-refractivity contribution in [1.29, 1.82) is 0 Å². The number of carbonyl (C=O) groups is 2. The predicted molar refractivity (Wildman–Crippen MR) is 115 cm³/mol. The van der Waals surface area contributed by atoms with E-state index in [4.69, 9.17) is 0 Å². The summed E-state index contributed by atoms with van der Waals surface area (Å²) in [4.78, 5) is 29.5. The van der Waals surface area contributed by atoms with Crippen LogP contribution in [0.3, 0.4) is 0 Å². The molecule has 1 saturated carbocycles. The van der Waals surface area contributed by atoms with Crippen molar-refractivity contribution in [1.82, 2.24) is 9.80 Å². The van der Waals surface area contributed by atoms with E-state index in [0.29, 0.717) is 18.4 Å². The van der Waals surface area contributed by atoms with Crippen LogP contribution in [0, 0.1) is 11.8 Å². The van der Waals surface area contributed by atoms with Crippen LogP contribution in [0.1, 0.15) is 43.5 Å². The Morgan fingerprint density at radius 1 is 0.966 bits per heavy atom. The number of hydrogen-bond acceptors (Lipinski definition) is 2. The van der Waals surface area contributed by atoms with Crippen molar-refractivity contribution < 1.29 is 9.59 Å². The second kappa shape index (κ2) is 8.40. The van der Waals surface area contributed by atoms with Crippen LogP contribution in [-0.2, 0) is 4.79 Å². The molecular weight excluding hydrogens is 360 g/mol. The van der Waals surface area contributed by atoms with Gasteiger partial charge >= 0.3 is 0 Å². The SMILES string of the molecule is CC(C)N(C[C@@H]1CCN(C(=O)C2CC2)C1)C(=O)c1ccc(-c2ccccc2)cc1. The van der Waals surface area contributed by atoms with E-state index in [1.165, 1.54) is 0 Å². The van der Waals surface area contributed by atoms with Crippen LogP contribution in [0.5, 0.6) is 0 Å². The highest BCUT2D eigenvalue weighted by Crippen LogP contribution is 2.33. The predicted octanol–water partition coefficient (Wildman–Crippen LogP) is 4.46. The van der Waals surface area contributed by atoms with Gasteiger partial charge < -0.3 is 9.80 Å². The Bertz CT molecular complexity index is 856. The zero-order valence-electron chi connectivity index (χ0n) is 17.4. The Kier molecular flexibility index (Phi) is 5.70. The molecule has 1 aliphatic heterocycles. The van der Waals surface area contributed by atoms with Gasteiger partial charge in [0.15, 0.2) is 0 Å². The van der Waals surface area contributed by atoms with Crippen LogP contribution < -0.4 is 0 Å². The van der Waals surface area contributed by atoms with Crippen molar-refractivity contribution in [3.8, 4) is 11.1 Å². The van der Waals surface area contributed by atoms with Crippen molar-refractivity contribution in [3.05, 3.63) is 60.2 Å². The molecule has 0 bridgehead atoms. The summed E-state index contributed by atoms with van der Waals surface area (Å²) in [6.07, 6.45) is 3.09. The molecule has 0 N–H and O–H groups in total. The number of rotatable bonds is 6. The standard InChI is InChI=1S/C25H30N2O2/c1-18(2)27(17-19-14-15-26(16-19)24(28)22-12-13-22)25(29)23-10-8-21(9-11-23)20-6-4-3-5-7-20/h3-11,18-19,22H,12-17H2,1-2H3/t19-/m1/s1. The van der Waals surface area contributed by atoms with Gasteiger partial charge in [-0.15, -0.1) is 0 Å². The fraction of sp³-hybridized carbons (Fsp3) is 0.440. The van der Waals surface area contributed by atoms with Gasteiger partial charge in [-0.1, -0.05) is 42.5 Å². The third-order valence-electron chi connectivity index (χ3n) is 6.10. The topological polar surface area (TPSA) is 40.6 Å². The third kappa shape index (κ3) is 4.52. The molecule has 2 aliphatic rings. The lowest BCUT2D eigenvalue weighted by molar-refractivity contribution is -0.131. The number of nitrogens with zero attached hydrogens (tertiary/aromatic N) is 2. The molecule has 152 valence electrons. The van der Waals surface area contributed by atoms with Gasteiger partial charge in [0.25, 0.3) is 5.91 Å². The van der Waals surface area contributed by atoms with E-state index < -0.39 is 0 Å². The molecule has 1 atom stereocenters. The lowest BCUT2D eigenvalue weighted by atomic mass is 10.0. The first-order valence-electron chi connectivity index (χ1n) is 10.8. The van der Waals surface area contributed by atoms with Gasteiger partial charge in [-0.2, -0.15) is 0 Å². The molecule has 4 nitrogen and oxygen atoms in total. The second-order valence-electron chi connectivity index (χ2n) is 8.71. The average Bonchev–Trinajstić information content (AvgIpc) is 3.49. The summed E-state index contributed by atoms with van der Waals surface area (Å²) in [6.45, 7) is 6.48. The monoisotopic (exact) mass is 390 g/mol. The van der Waals surface area contributed by atoms with Gasteiger partial charge in [-0.3, -0.25) is 9.59 Å². The fourth-order valence-electron chi connectivity index (χ4n) is 4.18. The number of likely N-dealkylation sites (tertiary alicyclic amines) is 1. The minimum Gasteiger partial charge on any atom is -0.342 e. The molecule has 2 aromatic carbocycles. The molecular formula is C25H30N2O2. The largest absolute Gasteiger partial charge is 0.342 e. The number of benzene rings is 2. The maximum absolute atomic E-state index is 13.2. The number of amides is 2. The minimum absolute atomic E-state index is 0.0755. The summed E-state index contributed by atoms with van der Waals surface area (Å²) >= 11 is 0. The van der Waals surface area contributed by atoms with Crippen LogP contribution >= 0.6 is 0 Å². The molecule has 1 heterocycles. The normalized spacial score (nSPS) is 18.9. The highest BCUT2D eigenvalue weighted by molar-refractivity contribution is 5.95. The van der Waals surface area contributed by atoms with Gasteiger partial charge in [-0.05, 0) is 62.3 Å². The Morgan fingerprint density at radius 2 is 1.62 bits per heavy atom. The number of carbonyl (C=O) groups excluding carboxylic acids is 2. The Hall–Kier alpha value is -2.62. The van der Waals surface area contributed by atoms with Gasteiger partial charge in [0.2, 0.25) is 5.91 Å². The summed E-state index contributed by atoms with van der Waals surface area (Å²) in [6, 6.07) is 18.2. The average molecular weight is 391 g/mol. The highest BCUT2D eigenvalue weighted by Gasteiger charge is 2.37. The van der Waals surface area contributed by atoms with Gasteiger partial charge in [0.1, 0.15) is 0 Å². The first-order chi connectivity index (χ1) is 14.0. The second-order valence-corrected chi connectivity index (χ2v) is 8.71. The number of hydrogen-bond donors (Lipinski definition) is 0. The van der Waals surface area contributed by atoms with E-state index in [1.807, 2.05) is 52.3 Å². The van der Waals surface area contributed by atoms with Crippen molar-refractivity contribution in [2.45, 2.75) is 39.2 Å². The summed E-state index contributed by atoms with van der Waals surface area (Å²) < 4.78 is 0. The molecule has 2 fully saturated rings. The first-order valence-corrected chi connectivity index (χ1v) is 10.8. The Labute approximate surface area is 173 Å². The molecule has 1 saturated heterocycles. The van der Waals surface area contributed by atoms with E-state index >= 15 is 0 Å². The van der Waals surface area contributed by atoms with E-state index in [0.717, 1.165) is 49.0 Å². The maximum atomic E-state index is 13.2. The molecule has 1 aliphatic carbocycles. The molecule has 4 heteroatoms. The van der Waals surface area contributed by atoms with Crippen LogP contribution in [0.25, 0.3) is 11.1 Å². The smallest absolute Gasteiger partial charge is 0.254 e.